The summed E-state index contributed by atoms with van der Waals surface area (Å²) in [7, 11) is 0. The highest BCUT2D eigenvalue weighted by molar-refractivity contribution is 6.35. The first-order valence-corrected chi connectivity index (χ1v) is 6.74. The summed E-state index contributed by atoms with van der Waals surface area (Å²) in [4.78, 5) is 0. The summed E-state index contributed by atoms with van der Waals surface area (Å²) < 4.78 is 12.8. The van der Waals surface area contributed by atoms with E-state index in [4.69, 9.17) is 28.9 Å². The van der Waals surface area contributed by atoms with E-state index in [1.165, 1.54) is 12.1 Å². The van der Waals surface area contributed by atoms with Crippen LogP contribution >= 0.6 is 23.2 Å². The lowest BCUT2D eigenvalue weighted by atomic mass is 10.00. The third kappa shape index (κ3) is 4.20. The predicted molar refractivity (Wildman–Crippen MR) is 78.2 cm³/mol. The Morgan fingerprint density at radius 3 is 2.32 bits per heavy atom. The maximum absolute atomic E-state index is 12.8. The molecule has 0 aliphatic rings. The van der Waals surface area contributed by atoms with Gasteiger partial charge in [-0.2, -0.15) is 0 Å². The molecule has 1 unspecified atom stereocenters. The Bertz CT molecular complexity index is 555. The maximum Gasteiger partial charge on any atom is 0.123 e. The van der Waals surface area contributed by atoms with Crippen LogP contribution in [0.15, 0.2) is 42.5 Å². The van der Waals surface area contributed by atoms with Gasteiger partial charge >= 0.3 is 0 Å². The van der Waals surface area contributed by atoms with Crippen molar-refractivity contribution in [2.45, 2.75) is 18.9 Å². The van der Waals surface area contributed by atoms with E-state index >= 15 is 0 Å². The average molecular weight is 298 g/mol. The Labute approximate surface area is 122 Å². The molecule has 0 saturated heterocycles. The Kier molecular flexibility index (Phi) is 4.81. The van der Waals surface area contributed by atoms with Crippen molar-refractivity contribution < 1.29 is 4.39 Å². The molecule has 0 heterocycles. The van der Waals surface area contributed by atoms with Crippen LogP contribution in [0.3, 0.4) is 0 Å². The zero-order valence-electron chi connectivity index (χ0n) is 10.2. The lowest BCUT2D eigenvalue weighted by Crippen LogP contribution is -2.25. The number of hydrogen-bond acceptors (Lipinski definition) is 1. The largest absolute Gasteiger partial charge is 0.327 e. The molecule has 0 saturated carbocycles. The van der Waals surface area contributed by atoms with Crippen LogP contribution in [-0.4, -0.2) is 6.04 Å². The van der Waals surface area contributed by atoms with E-state index in [0.29, 0.717) is 22.9 Å². The first kappa shape index (κ1) is 14.3. The molecule has 0 bridgehead atoms. The zero-order chi connectivity index (χ0) is 13.8. The predicted octanol–water partition coefficient (Wildman–Crippen LogP) is 4.25. The van der Waals surface area contributed by atoms with Crippen molar-refractivity contribution in [2.24, 2.45) is 5.73 Å². The molecule has 4 heteroatoms. The van der Waals surface area contributed by atoms with E-state index < -0.39 is 0 Å². The van der Waals surface area contributed by atoms with Crippen LogP contribution in [0.25, 0.3) is 0 Å². The quantitative estimate of drug-likeness (QED) is 0.897. The van der Waals surface area contributed by atoms with Gasteiger partial charge in [0.25, 0.3) is 0 Å². The van der Waals surface area contributed by atoms with E-state index in [0.717, 1.165) is 11.1 Å². The van der Waals surface area contributed by atoms with Gasteiger partial charge in [-0.1, -0.05) is 41.4 Å². The van der Waals surface area contributed by atoms with Gasteiger partial charge in [0.15, 0.2) is 0 Å². The third-order valence-electron chi connectivity index (χ3n) is 2.91. The van der Waals surface area contributed by atoms with E-state index in [1.807, 2.05) is 6.07 Å². The molecular formula is C15H14Cl2FN. The van der Waals surface area contributed by atoms with E-state index in [1.54, 1.807) is 24.3 Å². The highest BCUT2D eigenvalue weighted by Gasteiger charge is 2.09. The van der Waals surface area contributed by atoms with Gasteiger partial charge in [-0.3, -0.25) is 0 Å². The van der Waals surface area contributed by atoms with Gasteiger partial charge in [0.05, 0.1) is 0 Å². The van der Waals surface area contributed by atoms with Gasteiger partial charge < -0.3 is 5.73 Å². The monoisotopic (exact) mass is 297 g/mol. The second-order valence-corrected chi connectivity index (χ2v) is 5.37. The van der Waals surface area contributed by atoms with Crippen molar-refractivity contribution in [2.75, 3.05) is 0 Å². The molecule has 100 valence electrons. The smallest absolute Gasteiger partial charge is 0.123 e. The SMILES string of the molecule is NC(Cc1ccc(F)cc1)Cc1ccc(Cl)cc1Cl. The third-order valence-corrected chi connectivity index (χ3v) is 3.50. The first-order chi connectivity index (χ1) is 9.04. The van der Waals surface area contributed by atoms with Gasteiger partial charge in [-0.05, 0) is 48.2 Å². The Balaban J connectivity index is 2.01. The van der Waals surface area contributed by atoms with Crippen molar-refractivity contribution in [1.82, 2.24) is 0 Å². The summed E-state index contributed by atoms with van der Waals surface area (Å²) in [5, 5.41) is 1.24. The number of hydrogen-bond donors (Lipinski definition) is 1. The fourth-order valence-electron chi connectivity index (χ4n) is 1.97. The molecule has 0 fully saturated rings. The van der Waals surface area contributed by atoms with Crippen molar-refractivity contribution >= 4 is 23.2 Å². The molecule has 0 aliphatic heterocycles. The fourth-order valence-corrected chi connectivity index (χ4v) is 2.45. The molecular weight excluding hydrogens is 284 g/mol. The van der Waals surface area contributed by atoms with Gasteiger partial charge in [-0.25, -0.2) is 4.39 Å². The standard InChI is InChI=1S/C15H14Cl2FN/c16-12-4-3-11(15(17)9-12)8-14(19)7-10-1-5-13(18)6-2-10/h1-6,9,14H,7-8,19H2. The number of halogens is 3. The van der Waals surface area contributed by atoms with Crippen molar-refractivity contribution in [1.29, 1.82) is 0 Å². The number of benzene rings is 2. The van der Waals surface area contributed by atoms with Crippen LogP contribution < -0.4 is 5.73 Å². The fraction of sp³-hybridized carbons (Fsp3) is 0.200. The van der Waals surface area contributed by atoms with Gasteiger partial charge in [0.2, 0.25) is 0 Å². The van der Waals surface area contributed by atoms with Crippen LogP contribution in [0.1, 0.15) is 11.1 Å². The van der Waals surface area contributed by atoms with Crippen LogP contribution in [0.5, 0.6) is 0 Å². The minimum atomic E-state index is -0.238. The Hall–Kier alpha value is -1.09. The lowest BCUT2D eigenvalue weighted by Gasteiger charge is -2.13. The maximum atomic E-state index is 12.8. The molecule has 2 aromatic rings. The normalized spacial score (nSPS) is 12.4. The van der Waals surface area contributed by atoms with E-state index in [9.17, 15) is 4.39 Å². The minimum absolute atomic E-state index is 0.0656. The van der Waals surface area contributed by atoms with Crippen molar-refractivity contribution in [3.8, 4) is 0 Å². The van der Waals surface area contributed by atoms with Gasteiger partial charge in [0.1, 0.15) is 5.82 Å². The van der Waals surface area contributed by atoms with Crippen LogP contribution in [0.2, 0.25) is 10.0 Å². The molecule has 0 radical (unpaired) electrons. The molecule has 19 heavy (non-hydrogen) atoms. The van der Waals surface area contributed by atoms with Crippen LogP contribution in [0.4, 0.5) is 4.39 Å². The minimum Gasteiger partial charge on any atom is -0.327 e. The summed E-state index contributed by atoms with van der Waals surface area (Å²) in [6.45, 7) is 0. The summed E-state index contributed by atoms with van der Waals surface area (Å²) in [5.74, 6) is -0.238. The molecule has 2 N–H and O–H groups in total. The van der Waals surface area contributed by atoms with Crippen LogP contribution in [0, 0.1) is 5.82 Å². The van der Waals surface area contributed by atoms with E-state index in [-0.39, 0.29) is 11.9 Å². The lowest BCUT2D eigenvalue weighted by molar-refractivity contribution is 0.623. The van der Waals surface area contributed by atoms with Crippen molar-refractivity contribution in [3.63, 3.8) is 0 Å². The average Bonchev–Trinajstić information content (AvgIpc) is 2.36. The highest BCUT2D eigenvalue weighted by atomic mass is 35.5. The summed E-state index contributed by atoms with van der Waals surface area (Å²) in [6.07, 6.45) is 1.34. The summed E-state index contributed by atoms with van der Waals surface area (Å²) in [6, 6.07) is 11.7. The molecule has 0 spiro atoms. The Morgan fingerprint density at radius 1 is 1.00 bits per heavy atom. The van der Waals surface area contributed by atoms with Gasteiger partial charge in [-0.15, -0.1) is 0 Å². The molecule has 2 aromatic carbocycles. The van der Waals surface area contributed by atoms with E-state index in [2.05, 4.69) is 0 Å². The number of nitrogens with two attached hydrogens (primary N) is 1. The van der Waals surface area contributed by atoms with Crippen molar-refractivity contribution in [3.05, 3.63) is 69.5 Å². The molecule has 0 amide bonds. The second kappa shape index (κ2) is 6.38. The molecule has 2 rings (SSSR count). The summed E-state index contributed by atoms with van der Waals surface area (Å²) >= 11 is 12.0. The van der Waals surface area contributed by atoms with Crippen LogP contribution in [-0.2, 0) is 12.8 Å². The zero-order valence-corrected chi connectivity index (χ0v) is 11.8. The first-order valence-electron chi connectivity index (χ1n) is 5.98. The highest BCUT2D eigenvalue weighted by Crippen LogP contribution is 2.22. The summed E-state index contributed by atoms with van der Waals surface area (Å²) in [5.41, 5.74) is 8.08. The molecule has 1 nitrogen and oxygen atoms in total. The topological polar surface area (TPSA) is 26.0 Å². The molecule has 0 aliphatic carbocycles. The molecule has 0 aromatic heterocycles. The van der Waals surface area contributed by atoms with Gasteiger partial charge in [0, 0.05) is 16.1 Å². The second-order valence-electron chi connectivity index (χ2n) is 4.53. The number of rotatable bonds is 4. The molecule has 1 atom stereocenters. The Morgan fingerprint density at radius 2 is 1.68 bits per heavy atom.